The van der Waals surface area contributed by atoms with Crippen LogP contribution in [-0.2, 0) is 0 Å². The second-order valence-corrected chi connectivity index (χ2v) is 4.53. The molecule has 0 aliphatic heterocycles. The van der Waals surface area contributed by atoms with Crippen molar-refractivity contribution in [1.82, 2.24) is 0 Å². The molecule has 0 aromatic heterocycles. The van der Waals surface area contributed by atoms with Crippen LogP contribution in [0.1, 0.15) is 0 Å². The van der Waals surface area contributed by atoms with E-state index in [4.69, 9.17) is 9.53 Å². The van der Waals surface area contributed by atoms with E-state index in [0.717, 1.165) is 5.75 Å². The third kappa shape index (κ3) is 2.63. The topological polar surface area (TPSA) is 29.5 Å². The summed E-state index contributed by atoms with van der Waals surface area (Å²) in [6.45, 7) is 4.10. The second kappa shape index (κ2) is 3.43. The molecular weight excluding hydrogens is 156 g/mol. The predicted molar refractivity (Wildman–Crippen MR) is 46.2 cm³/mol. The van der Waals surface area contributed by atoms with Gasteiger partial charge in [0.25, 0.3) is 9.04 Å². The molecule has 0 saturated heterocycles. The highest BCUT2D eigenvalue weighted by Gasteiger charge is 1.99. The van der Waals surface area contributed by atoms with Crippen molar-refractivity contribution in [2.24, 2.45) is 0 Å². The van der Waals surface area contributed by atoms with Crippen molar-refractivity contribution in [2.45, 2.75) is 13.1 Å². The fourth-order valence-electron chi connectivity index (χ4n) is 0.783. The van der Waals surface area contributed by atoms with Crippen LogP contribution in [0.15, 0.2) is 24.3 Å². The third-order valence-electron chi connectivity index (χ3n) is 1.14. The Kier molecular flexibility index (Phi) is 2.54. The van der Waals surface area contributed by atoms with Gasteiger partial charge in [0.15, 0.2) is 0 Å². The van der Waals surface area contributed by atoms with Gasteiger partial charge in [0, 0.05) is 6.07 Å². The minimum absolute atomic E-state index is 0.255. The van der Waals surface area contributed by atoms with Crippen molar-refractivity contribution in [1.29, 1.82) is 0 Å². The number of aromatic hydroxyl groups is 1. The van der Waals surface area contributed by atoms with Crippen molar-refractivity contribution in [2.75, 3.05) is 0 Å². The van der Waals surface area contributed by atoms with E-state index in [2.05, 4.69) is 13.1 Å². The zero-order chi connectivity index (χ0) is 8.27. The van der Waals surface area contributed by atoms with E-state index in [1.165, 1.54) is 0 Å². The van der Waals surface area contributed by atoms with Gasteiger partial charge in [-0.3, -0.25) is 0 Å². The maximum atomic E-state index is 9.06. The number of phenols is 1. The van der Waals surface area contributed by atoms with E-state index in [1.807, 2.05) is 6.07 Å². The average Bonchev–Trinajstić information content (AvgIpc) is 1.85. The lowest BCUT2D eigenvalue weighted by Gasteiger charge is -2.07. The quantitative estimate of drug-likeness (QED) is 0.683. The molecule has 1 aromatic rings. The smallest absolute Gasteiger partial charge is 0.274 e. The van der Waals surface area contributed by atoms with Crippen molar-refractivity contribution in [3.8, 4) is 11.5 Å². The van der Waals surface area contributed by atoms with Crippen molar-refractivity contribution in [3.05, 3.63) is 24.3 Å². The molecule has 0 aliphatic carbocycles. The Morgan fingerprint density at radius 2 is 2.09 bits per heavy atom. The van der Waals surface area contributed by atoms with Crippen molar-refractivity contribution >= 4 is 9.04 Å². The Morgan fingerprint density at radius 1 is 1.36 bits per heavy atom. The molecular formula is C8H11O2Si. The van der Waals surface area contributed by atoms with Gasteiger partial charge < -0.3 is 9.53 Å². The van der Waals surface area contributed by atoms with Crippen LogP contribution in [0.4, 0.5) is 0 Å². The summed E-state index contributed by atoms with van der Waals surface area (Å²) < 4.78 is 5.44. The molecule has 59 valence electrons. The molecule has 0 saturated carbocycles. The van der Waals surface area contributed by atoms with Crippen LogP contribution in [0.5, 0.6) is 11.5 Å². The summed E-state index contributed by atoms with van der Waals surface area (Å²) in [5, 5.41) is 9.06. The molecule has 0 fully saturated rings. The molecule has 0 spiro atoms. The number of rotatable bonds is 2. The molecule has 0 heterocycles. The first-order valence-electron chi connectivity index (χ1n) is 3.45. The summed E-state index contributed by atoms with van der Waals surface area (Å²) in [6, 6.07) is 6.87. The van der Waals surface area contributed by atoms with Crippen LogP contribution < -0.4 is 4.43 Å². The molecule has 0 atom stereocenters. The number of phenolic OH excluding ortho intramolecular Hbond substituents is 1. The van der Waals surface area contributed by atoms with Crippen molar-refractivity contribution < 1.29 is 9.53 Å². The fraction of sp³-hybridized carbons (Fsp3) is 0.250. The average molecular weight is 167 g/mol. The lowest BCUT2D eigenvalue weighted by molar-refractivity contribution is 0.470. The van der Waals surface area contributed by atoms with Gasteiger partial charge in [-0.05, 0) is 25.2 Å². The highest BCUT2D eigenvalue weighted by Crippen LogP contribution is 2.17. The number of benzene rings is 1. The van der Waals surface area contributed by atoms with Gasteiger partial charge in [-0.15, -0.1) is 0 Å². The number of hydrogen-bond acceptors (Lipinski definition) is 2. The normalized spacial score (nSPS) is 10.1. The minimum Gasteiger partial charge on any atom is -0.543 e. The summed E-state index contributed by atoms with van der Waals surface area (Å²) in [4.78, 5) is 0. The molecule has 1 radical (unpaired) electrons. The van der Waals surface area contributed by atoms with E-state index in [0.29, 0.717) is 0 Å². The van der Waals surface area contributed by atoms with Gasteiger partial charge in [0.1, 0.15) is 11.5 Å². The summed E-state index contributed by atoms with van der Waals surface area (Å²) in [5.41, 5.74) is 0. The summed E-state index contributed by atoms with van der Waals surface area (Å²) >= 11 is 0. The first-order chi connectivity index (χ1) is 5.18. The zero-order valence-electron chi connectivity index (χ0n) is 6.66. The molecule has 1 rings (SSSR count). The Bertz CT molecular complexity index is 235. The lowest BCUT2D eigenvalue weighted by atomic mass is 10.3. The third-order valence-corrected chi connectivity index (χ3v) is 1.78. The predicted octanol–water partition coefficient (Wildman–Crippen LogP) is 2.02. The van der Waals surface area contributed by atoms with Crippen LogP contribution in [0.25, 0.3) is 0 Å². The standard InChI is InChI=1S/C8H11O2Si/c1-11(2)10-8-5-3-4-7(9)6-8/h3-6,9H,1-2H3. The molecule has 2 nitrogen and oxygen atoms in total. The van der Waals surface area contributed by atoms with Gasteiger partial charge in [0.05, 0.1) is 0 Å². The molecule has 0 aliphatic rings. The van der Waals surface area contributed by atoms with Crippen LogP contribution in [-0.4, -0.2) is 14.1 Å². The fourth-order valence-corrected chi connectivity index (χ4v) is 1.38. The van der Waals surface area contributed by atoms with Crippen LogP contribution in [0.3, 0.4) is 0 Å². The largest absolute Gasteiger partial charge is 0.543 e. The molecule has 0 bridgehead atoms. The van der Waals surface area contributed by atoms with Crippen molar-refractivity contribution in [3.63, 3.8) is 0 Å². The first-order valence-corrected chi connectivity index (χ1v) is 5.86. The van der Waals surface area contributed by atoms with Crippen LogP contribution >= 0.6 is 0 Å². The summed E-state index contributed by atoms with van der Waals surface area (Å²) in [7, 11) is -0.715. The lowest BCUT2D eigenvalue weighted by Crippen LogP contribution is -2.10. The van der Waals surface area contributed by atoms with Gasteiger partial charge >= 0.3 is 0 Å². The Labute approximate surface area is 68.2 Å². The first kappa shape index (κ1) is 8.14. The molecule has 0 unspecified atom stereocenters. The molecule has 3 heteroatoms. The Morgan fingerprint density at radius 3 is 2.64 bits per heavy atom. The Hall–Kier alpha value is -0.963. The maximum absolute atomic E-state index is 9.06. The minimum atomic E-state index is -0.715. The zero-order valence-corrected chi connectivity index (χ0v) is 7.66. The van der Waals surface area contributed by atoms with Gasteiger partial charge in [-0.2, -0.15) is 0 Å². The van der Waals surface area contributed by atoms with E-state index >= 15 is 0 Å². The summed E-state index contributed by atoms with van der Waals surface area (Å²) in [6.07, 6.45) is 0. The Balaban J connectivity index is 2.71. The van der Waals surface area contributed by atoms with Crippen LogP contribution in [0.2, 0.25) is 13.1 Å². The van der Waals surface area contributed by atoms with Crippen LogP contribution in [0, 0.1) is 0 Å². The number of hydrogen-bond donors (Lipinski definition) is 1. The maximum Gasteiger partial charge on any atom is 0.274 e. The SMILES string of the molecule is C[Si](C)Oc1cccc(O)c1. The van der Waals surface area contributed by atoms with Gasteiger partial charge in [-0.1, -0.05) is 6.07 Å². The van der Waals surface area contributed by atoms with E-state index in [-0.39, 0.29) is 5.75 Å². The van der Waals surface area contributed by atoms with Gasteiger partial charge in [-0.25, -0.2) is 0 Å². The highest BCUT2D eigenvalue weighted by molar-refractivity contribution is 6.49. The highest BCUT2D eigenvalue weighted by atomic mass is 28.3. The summed E-state index contributed by atoms with van der Waals surface area (Å²) in [5.74, 6) is 1.01. The van der Waals surface area contributed by atoms with E-state index < -0.39 is 9.04 Å². The van der Waals surface area contributed by atoms with E-state index in [9.17, 15) is 0 Å². The van der Waals surface area contributed by atoms with E-state index in [1.54, 1.807) is 18.2 Å². The molecule has 11 heavy (non-hydrogen) atoms. The molecule has 0 amide bonds. The second-order valence-electron chi connectivity index (χ2n) is 2.51. The van der Waals surface area contributed by atoms with Gasteiger partial charge in [0.2, 0.25) is 0 Å². The molecule has 1 aromatic carbocycles. The monoisotopic (exact) mass is 167 g/mol. The molecule has 1 N–H and O–H groups in total.